The van der Waals surface area contributed by atoms with Crippen molar-refractivity contribution < 1.29 is 5.10 Å². The lowest BCUT2D eigenvalue weighted by Crippen LogP contribution is -2.78. The van der Waals surface area contributed by atoms with Gasteiger partial charge in [0.2, 0.25) is 0 Å². The van der Waals surface area contributed by atoms with Gasteiger partial charge in [-0.05, 0) is 0 Å². The highest BCUT2D eigenvalue weighted by Gasteiger charge is 2.15. The highest BCUT2D eigenvalue weighted by atomic mass is 15.4. The Hall–Kier alpha value is -1.04. The molecule has 1 rings (SSSR count). The molecule has 0 aromatic heterocycles. The van der Waals surface area contributed by atoms with E-state index in [1.165, 1.54) is 0 Å². The highest BCUT2D eigenvalue weighted by Crippen LogP contribution is 1.83. The minimum absolute atomic E-state index is 0.771. The molecule has 0 aliphatic carbocycles. The van der Waals surface area contributed by atoms with Gasteiger partial charge < -0.3 is 0 Å². The van der Waals surface area contributed by atoms with Gasteiger partial charge >= 0.3 is 0 Å². The molecule has 0 saturated heterocycles. The summed E-state index contributed by atoms with van der Waals surface area (Å²) in [5.74, 6) is 0. The Labute approximate surface area is 48.2 Å². The Balaban J connectivity index is 2.61. The molecule has 3 nitrogen and oxygen atoms in total. The van der Waals surface area contributed by atoms with Gasteiger partial charge in [0, 0.05) is 0 Å². The molecule has 1 heterocycles. The van der Waals surface area contributed by atoms with Crippen molar-refractivity contribution in [3.8, 4) is 6.07 Å². The van der Waals surface area contributed by atoms with Crippen LogP contribution in [0.4, 0.5) is 0 Å². The van der Waals surface area contributed by atoms with Crippen molar-refractivity contribution in [3.05, 3.63) is 0 Å². The maximum Gasteiger partial charge on any atom is 0.281 e. The normalized spacial score (nSPS) is 18.0. The van der Waals surface area contributed by atoms with E-state index in [0.717, 1.165) is 18.7 Å². The van der Waals surface area contributed by atoms with Crippen LogP contribution < -0.4 is 5.10 Å². The van der Waals surface area contributed by atoms with Crippen molar-refractivity contribution in [2.45, 2.75) is 6.42 Å². The van der Waals surface area contributed by atoms with Gasteiger partial charge in [-0.2, -0.15) is 10.3 Å². The summed E-state index contributed by atoms with van der Waals surface area (Å²) in [7, 11) is 1.92. The summed E-state index contributed by atoms with van der Waals surface area (Å²) in [5, 5.41) is 13.1. The smallest absolute Gasteiger partial charge is 0.190 e. The fraction of sp³-hybridized carbons (Fsp3) is 0.600. The molecule has 0 aromatic rings. The third-order valence-corrected chi connectivity index (χ3v) is 1.16. The Morgan fingerprint density at radius 3 is 2.88 bits per heavy atom. The topological polar surface area (TPSA) is 41.0 Å². The molecule has 0 bridgehead atoms. The molecule has 8 heavy (non-hydrogen) atoms. The van der Waals surface area contributed by atoms with Crippen LogP contribution in [-0.4, -0.2) is 24.3 Å². The Bertz CT molecular complexity index is 154. The molecule has 1 aliphatic heterocycles. The van der Waals surface area contributed by atoms with Crippen LogP contribution in [-0.2, 0) is 0 Å². The van der Waals surface area contributed by atoms with Crippen molar-refractivity contribution in [2.24, 2.45) is 0 Å². The Morgan fingerprint density at radius 2 is 2.62 bits per heavy atom. The van der Waals surface area contributed by atoms with E-state index in [1.54, 1.807) is 0 Å². The van der Waals surface area contributed by atoms with E-state index in [9.17, 15) is 0 Å². The molecule has 0 atom stereocenters. The Morgan fingerprint density at radius 1 is 1.88 bits per heavy atom. The van der Waals surface area contributed by atoms with E-state index < -0.39 is 0 Å². The number of hydrazone groups is 1. The second-order valence-corrected chi connectivity index (χ2v) is 1.87. The van der Waals surface area contributed by atoms with Gasteiger partial charge in [-0.15, -0.1) is 5.10 Å². The second kappa shape index (κ2) is 1.83. The van der Waals surface area contributed by atoms with E-state index in [0.29, 0.717) is 0 Å². The maximum atomic E-state index is 8.31. The van der Waals surface area contributed by atoms with Crippen molar-refractivity contribution in [2.75, 3.05) is 13.6 Å². The molecule has 0 aromatic carbocycles. The molecule has 0 unspecified atom stereocenters. The van der Waals surface area contributed by atoms with E-state index >= 15 is 0 Å². The molecule has 3 heteroatoms. The van der Waals surface area contributed by atoms with Gasteiger partial charge in [-0.25, -0.2) is 0 Å². The minimum atomic E-state index is 0.771. The molecule has 42 valence electrons. The number of rotatable bonds is 0. The predicted molar refractivity (Wildman–Crippen MR) is 28.8 cm³/mol. The maximum absolute atomic E-state index is 8.31. The standard InChI is InChI=1S/C5H7N3/c1-8-3-2-5(4-6)7-8/h2-3H2,1H3/p+1. The lowest BCUT2D eigenvalue weighted by molar-refractivity contribution is -0.626. The van der Waals surface area contributed by atoms with Crippen molar-refractivity contribution in [1.29, 1.82) is 5.26 Å². The Kier molecular flexibility index (Phi) is 1.17. The van der Waals surface area contributed by atoms with Gasteiger partial charge in [0.1, 0.15) is 0 Å². The molecular formula is C5H8N3+. The summed E-state index contributed by atoms with van der Waals surface area (Å²) in [6.45, 7) is 0.947. The van der Waals surface area contributed by atoms with Gasteiger partial charge in [-0.3, -0.25) is 0 Å². The average molecular weight is 110 g/mol. The first-order valence-corrected chi connectivity index (χ1v) is 2.56. The molecule has 0 fully saturated rings. The van der Waals surface area contributed by atoms with Crippen molar-refractivity contribution in [3.63, 3.8) is 0 Å². The first kappa shape index (κ1) is 5.10. The number of nitriles is 1. The van der Waals surface area contributed by atoms with Gasteiger partial charge in [0.25, 0.3) is 5.71 Å². The first-order valence-electron chi connectivity index (χ1n) is 2.56. The monoisotopic (exact) mass is 110 g/mol. The number of hydrogen-bond acceptors (Lipinski definition) is 2. The molecular weight excluding hydrogens is 102 g/mol. The number of hydrazine groups is 1. The fourth-order valence-electron chi connectivity index (χ4n) is 0.703. The van der Waals surface area contributed by atoms with Gasteiger partial charge in [-0.1, -0.05) is 0 Å². The van der Waals surface area contributed by atoms with Crippen LogP contribution in [0.1, 0.15) is 6.42 Å². The van der Waals surface area contributed by atoms with Crippen molar-refractivity contribution in [1.82, 2.24) is 5.01 Å². The summed E-state index contributed by atoms with van der Waals surface area (Å²) >= 11 is 0. The molecule has 1 N–H and O–H groups in total. The molecule has 0 amide bonds. The summed E-state index contributed by atoms with van der Waals surface area (Å²) in [5.41, 5.74) is 0.771. The van der Waals surface area contributed by atoms with E-state index in [1.807, 2.05) is 12.1 Å². The lowest BCUT2D eigenvalue weighted by atomic mass is 10.3. The van der Waals surface area contributed by atoms with E-state index in [4.69, 9.17) is 5.26 Å². The molecule has 0 saturated carbocycles. The van der Waals surface area contributed by atoms with Crippen LogP contribution in [0.15, 0.2) is 0 Å². The molecule has 0 spiro atoms. The third kappa shape index (κ3) is 0.784. The SMILES string of the molecule is CN1CCC(C#N)=[NH+]1. The van der Waals surface area contributed by atoms with Crippen LogP contribution >= 0.6 is 0 Å². The van der Waals surface area contributed by atoms with Crippen LogP contribution in [0.25, 0.3) is 0 Å². The zero-order valence-electron chi connectivity index (χ0n) is 4.81. The number of hydrogen-bond donors (Lipinski definition) is 1. The number of nitrogens with one attached hydrogen (secondary N) is 1. The highest BCUT2D eigenvalue weighted by molar-refractivity contribution is 5.94. The van der Waals surface area contributed by atoms with Crippen LogP contribution in [0.3, 0.4) is 0 Å². The quantitative estimate of drug-likeness (QED) is 0.403. The lowest BCUT2D eigenvalue weighted by Gasteiger charge is -1.92. The zero-order valence-corrected chi connectivity index (χ0v) is 4.81. The third-order valence-electron chi connectivity index (χ3n) is 1.16. The zero-order chi connectivity index (χ0) is 5.98. The van der Waals surface area contributed by atoms with Crippen molar-refractivity contribution >= 4 is 5.71 Å². The average Bonchev–Trinajstić information content (AvgIpc) is 2.14. The predicted octanol–water partition coefficient (Wildman–Crippen LogP) is -1.72. The first-order chi connectivity index (χ1) is 3.83. The minimum Gasteiger partial charge on any atom is -0.190 e. The summed E-state index contributed by atoms with van der Waals surface area (Å²) in [6.07, 6.45) is 0.868. The van der Waals surface area contributed by atoms with Gasteiger partial charge in [0.15, 0.2) is 6.07 Å². The second-order valence-electron chi connectivity index (χ2n) is 1.87. The molecule has 1 aliphatic rings. The fourth-order valence-corrected chi connectivity index (χ4v) is 0.703. The van der Waals surface area contributed by atoms with E-state index in [2.05, 4.69) is 11.2 Å². The molecule has 0 radical (unpaired) electrons. The van der Waals surface area contributed by atoms with Crippen LogP contribution in [0.5, 0.6) is 0 Å². The summed E-state index contributed by atoms with van der Waals surface area (Å²) < 4.78 is 0. The summed E-state index contributed by atoms with van der Waals surface area (Å²) in [6, 6.07) is 2.06. The van der Waals surface area contributed by atoms with Crippen LogP contribution in [0, 0.1) is 11.3 Å². The van der Waals surface area contributed by atoms with Gasteiger partial charge in [0.05, 0.1) is 20.0 Å². The summed E-state index contributed by atoms with van der Waals surface area (Å²) in [4.78, 5) is 0. The largest absolute Gasteiger partial charge is 0.281 e. The number of nitrogens with zero attached hydrogens (tertiary/aromatic N) is 2. The van der Waals surface area contributed by atoms with Crippen LogP contribution in [0.2, 0.25) is 0 Å². The van der Waals surface area contributed by atoms with E-state index in [-0.39, 0.29) is 0 Å².